The highest BCUT2D eigenvalue weighted by Gasteiger charge is 2.30. The molecule has 1 saturated heterocycles. The van der Waals surface area contributed by atoms with Gasteiger partial charge in [-0.1, -0.05) is 42.3 Å². The van der Waals surface area contributed by atoms with Crippen molar-refractivity contribution in [1.82, 2.24) is 9.38 Å². The van der Waals surface area contributed by atoms with Gasteiger partial charge in [-0.25, -0.2) is 4.98 Å². The van der Waals surface area contributed by atoms with Gasteiger partial charge in [-0.15, -0.1) is 0 Å². The maximum absolute atomic E-state index is 9.95. The summed E-state index contributed by atoms with van der Waals surface area (Å²) in [6.45, 7) is 6.77. The van der Waals surface area contributed by atoms with Crippen LogP contribution in [-0.4, -0.2) is 34.1 Å². The summed E-state index contributed by atoms with van der Waals surface area (Å²) in [5, 5.41) is 11.0. The standard InChI is InChI=1S/C22H26Cl2N4O/c1-14-10-18(27-8-6-22(2,13-25)7-9-27)28-15(12-29)11-26-21(28)19(14)16-4-3-5-17(23)20(16)24/h3-5,10-11,29H,6-9,12-13,25H2,1-2H3. The molecule has 0 aliphatic carbocycles. The SMILES string of the molecule is Cc1cc(N2CCC(C)(CN)CC2)n2c(CO)cnc2c1-c1cccc(Cl)c1Cl. The van der Waals surface area contributed by atoms with Crippen molar-refractivity contribution in [2.45, 2.75) is 33.3 Å². The molecule has 0 radical (unpaired) electrons. The second-order valence-electron chi connectivity index (χ2n) is 8.23. The van der Waals surface area contributed by atoms with Crippen molar-refractivity contribution in [1.29, 1.82) is 0 Å². The molecule has 3 aromatic rings. The van der Waals surface area contributed by atoms with E-state index < -0.39 is 0 Å². The average Bonchev–Trinajstić information content (AvgIpc) is 3.14. The summed E-state index contributed by atoms with van der Waals surface area (Å²) in [5.74, 6) is 1.04. The van der Waals surface area contributed by atoms with Crippen LogP contribution in [0.15, 0.2) is 30.5 Å². The molecular weight excluding hydrogens is 407 g/mol. The number of benzene rings is 1. The molecule has 5 nitrogen and oxygen atoms in total. The Morgan fingerprint density at radius 1 is 1.24 bits per heavy atom. The third-order valence-electron chi connectivity index (χ3n) is 6.20. The van der Waals surface area contributed by atoms with E-state index in [0.717, 1.165) is 59.8 Å². The molecule has 29 heavy (non-hydrogen) atoms. The van der Waals surface area contributed by atoms with Gasteiger partial charge in [0.25, 0.3) is 0 Å². The number of aliphatic hydroxyl groups excluding tert-OH is 1. The lowest BCUT2D eigenvalue weighted by Crippen LogP contribution is -2.43. The molecule has 2 aromatic heterocycles. The number of anilines is 1. The quantitative estimate of drug-likeness (QED) is 0.628. The summed E-state index contributed by atoms with van der Waals surface area (Å²) < 4.78 is 2.05. The maximum atomic E-state index is 9.95. The molecule has 0 bridgehead atoms. The zero-order valence-electron chi connectivity index (χ0n) is 16.8. The van der Waals surface area contributed by atoms with Crippen LogP contribution >= 0.6 is 23.2 Å². The molecule has 3 heterocycles. The van der Waals surface area contributed by atoms with E-state index >= 15 is 0 Å². The van der Waals surface area contributed by atoms with Crippen molar-refractivity contribution < 1.29 is 5.11 Å². The van der Waals surface area contributed by atoms with Gasteiger partial charge < -0.3 is 15.7 Å². The molecule has 0 amide bonds. The summed E-state index contributed by atoms with van der Waals surface area (Å²) >= 11 is 12.8. The third-order valence-corrected chi connectivity index (χ3v) is 7.02. The molecule has 0 atom stereocenters. The molecule has 0 unspecified atom stereocenters. The van der Waals surface area contributed by atoms with Gasteiger partial charge in [0.1, 0.15) is 11.5 Å². The van der Waals surface area contributed by atoms with Crippen LogP contribution in [0.2, 0.25) is 10.0 Å². The summed E-state index contributed by atoms with van der Waals surface area (Å²) in [6, 6.07) is 7.78. The average molecular weight is 433 g/mol. The topological polar surface area (TPSA) is 66.8 Å². The predicted molar refractivity (Wildman–Crippen MR) is 120 cm³/mol. The monoisotopic (exact) mass is 432 g/mol. The fraction of sp³-hybridized carbons (Fsp3) is 0.409. The van der Waals surface area contributed by atoms with Gasteiger partial charge in [-0.2, -0.15) is 0 Å². The first-order chi connectivity index (χ1) is 13.9. The van der Waals surface area contributed by atoms with Crippen molar-refractivity contribution in [3.05, 3.63) is 51.8 Å². The Morgan fingerprint density at radius 3 is 2.62 bits per heavy atom. The number of nitrogens with zero attached hydrogens (tertiary/aromatic N) is 3. The number of hydrogen-bond acceptors (Lipinski definition) is 4. The number of rotatable bonds is 4. The second-order valence-corrected chi connectivity index (χ2v) is 9.02. The number of halogens is 2. The zero-order valence-corrected chi connectivity index (χ0v) is 18.3. The normalized spacial score (nSPS) is 16.6. The number of hydrogen-bond donors (Lipinski definition) is 2. The number of nitrogens with two attached hydrogens (primary N) is 1. The van der Waals surface area contributed by atoms with E-state index in [1.807, 2.05) is 16.5 Å². The number of pyridine rings is 1. The van der Waals surface area contributed by atoms with Gasteiger partial charge >= 0.3 is 0 Å². The van der Waals surface area contributed by atoms with E-state index in [1.165, 1.54) is 0 Å². The summed E-state index contributed by atoms with van der Waals surface area (Å²) in [6.07, 6.45) is 3.80. The summed E-state index contributed by atoms with van der Waals surface area (Å²) in [4.78, 5) is 7.01. The molecule has 1 fully saturated rings. The van der Waals surface area contributed by atoms with Crippen LogP contribution in [0.3, 0.4) is 0 Å². The van der Waals surface area contributed by atoms with Crippen molar-refractivity contribution in [3.63, 3.8) is 0 Å². The summed E-state index contributed by atoms with van der Waals surface area (Å²) in [7, 11) is 0. The van der Waals surface area contributed by atoms with Gasteiger partial charge in [0.05, 0.1) is 28.5 Å². The Morgan fingerprint density at radius 2 is 1.97 bits per heavy atom. The number of aliphatic hydroxyl groups is 1. The Hall–Kier alpha value is -1.79. The smallest absolute Gasteiger partial charge is 0.146 e. The lowest BCUT2D eigenvalue weighted by Gasteiger charge is -2.40. The van der Waals surface area contributed by atoms with E-state index in [0.29, 0.717) is 16.6 Å². The minimum absolute atomic E-state index is 0.0890. The van der Waals surface area contributed by atoms with E-state index in [2.05, 4.69) is 29.8 Å². The molecule has 1 aliphatic heterocycles. The highest BCUT2D eigenvalue weighted by Crippen LogP contribution is 2.40. The lowest BCUT2D eigenvalue weighted by molar-refractivity contribution is 0.256. The number of aryl methyl sites for hydroxylation is 1. The van der Waals surface area contributed by atoms with Crippen LogP contribution in [0.5, 0.6) is 0 Å². The highest BCUT2D eigenvalue weighted by molar-refractivity contribution is 6.43. The van der Waals surface area contributed by atoms with E-state index in [9.17, 15) is 5.11 Å². The number of piperidine rings is 1. The highest BCUT2D eigenvalue weighted by atomic mass is 35.5. The minimum Gasteiger partial charge on any atom is -0.390 e. The van der Waals surface area contributed by atoms with Crippen LogP contribution in [0, 0.1) is 12.3 Å². The van der Waals surface area contributed by atoms with Gasteiger partial charge in [0.15, 0.2) is 0 Å². The molecule has 0 spiro atoms. The Balaban J connectivity index is 1.88. The van der Waals surface area contributed by atoms with E-state index in [1.54, 1.807) is 12.3 Å². The molecule has 0 saturated carbocycles. The predicted octanol–water partition coefficient (Wildman–Crippen LogP) is 4.67. The fourth-order valence-electron chi connectivity index (χ4n) is 4.18. The van der Waals surface area contributed by atoms with Crippen LogP contribution in [-0.2, 0) is 6.61 Å². The van der Waals surface area contributed by atoms with Gasteiger partial charge in [-0.3, -0.25) is 4.40 Å². The fourth-order valence-corrected chi connectivity index (χ4v) is 4.57. The van der Waals surface area contributed by atoms with Crippen LogP contribution in [0.25, 0.3) is 16.8 Å². The van der Waals surface area contributed by atoms with Crippen LogP contribution < -0.4 is 10.6 Å². The maximum Gasteiger partial charge on any atom is 0.146 e. The van der Waals surface area contributed by atoms with E-state index in [4.69, 9.17) is 28.9 Å². The number of imidazole rings is 1. The van der Waals surface area contributed by atoms with Crippen molar-refractivity contribution in [3.8, 4) is 11.1 Å². The van der Waals surface area contributed by atoms with Crippen molar-refractivity contribution in [2.75, 3.05) is 24.5 Å². The van der Waals surface area contributed by atoms with Gasteiger partial charge in [-0.05, 0) is 49.4 Å². The summed E-state index contributed by atoms with van der Waals surface area (Å²) in [5.41, 5.74) is 10.6. The Bertz CT molecular complexity index is 1050. The lowest BCUT2D eigenvalue weighted by atomic mass is 9.80. The molecule has 3 N–H and O–H groups in total. The first kappa shape index (κ1) is 20.5. The second kappa shape index (κ2) is 7.80. The molecular formula is C22H26Cl2N4O. The molecule has 154 valence electrons. The third kappa shape index (κ3) is 3.50. The first-order valence-electron chi connectivity index (χ1n) is 9.89. The zero-order chi connectivity index (χ0) is 20.8. The molecule has 7 heteroatoms. The number of aromatic nitrogens is 2. The molecule has 1 aliphatic rings. The largest absolute Gasteiger partial charge is 0.390 e. The van der Waals surface area contributed by atoms with Crippen LogP contribution in [0.1, 0.15) is 31.0 Å². The Labute approximate surface area is 181 Å². The van der Waals surface area contributed by atoms with Crippen LogP contribution in [0.4, 0.5) is 5.82 Å². The van der Waals surface area contributed by atoms with Crippen molar-refractivity contribution in [2.24, 2.45) is 11.1 Å². The van der Waals surface area contributed by atoms with Gasteiger partial charge in [0.2, 0.25) is 0 Å². The number of fused-ring (bicyclic) bond motifs is 1. The Kier molecular flexibility index (Phi) is 5.51. The first-order valence-corrected chi connectivity index (χ1v) is 10.6. The van der Waals surface area contributed by atoms with Gasteiger partial charge in [0, 0.05) is 24.2 Å². The van der Waals surface area contributed by atoms with Crippen molar-refractivity contribution >= 4 is 34.7 Å². The molecule has 4 rings (SSSR count). The minimum atomic E-state index is -0.0890. The molecule has 1 aromatic carbocycles. The van der Waals surface area contributed by atoms with E-state index in [-0.39, 0.29) is 12.0 Å².